The van der Waals surface area contributed by atoms with Crippen molar-refractivity contribution >= 4 is 17.1 Å². The maximum atomic E-state index is 12.3. The molecular formula is C12H11F3N2OS. The summed E-state index contributed by atoms with van der Waals surface area (Å²) in [5, 5.41) is 2.85. The van der Waals surface area contributed by atoms with Crippen LogP contribution in [0.4, 0.5) is 13.2 Å². The first-order chi connectivity index (χ1) is 8.90. The van der Waals surface area contributed by atoms with Gasteiger partial charge in [-0.05, 0) is 12.5 Å². The number of thiazole rings is 1. The summed E-state index contributed by atoms with van der Waals surface area (Å²) >= 11 is 1.51. The van der Waals surface area contributed by atoms with E-state index in [9.17, 15) is 18.0 Å². The normalized spacial score (nSPS) is 11.8. The molecule has 0 amide bonds. The van der Waals surface area contributed by atoms with Crippen LogP contribution in [0.2, 0.25) is 0 Å². The second-order valence-electron chi connectivity index (χ2n) is 3.99. The van der Waals surface area contributed by atoms with Gasteiger partial charge in [0.15, 0.2) is 0 Å². The van der Waals surface area contributed by atoms with Crippen LogP contribution in [0.3, 0.4) is 0 Å². The first kappa shape index (κ1) is 13.8. The van der Waals surface area contributed by atoms with Crippen LogP contribution in [0, 0.1) is 0 Å². The summed E-state index contributed by atoms with van der Waals surface area (Å²) in [5.74, 6) is -1.82. The number of ketones is 1. The van der Waals surface area contributed by atoms with Crippen molar-refractivity contribution in [3.63, 3.8) is 0 Å². The van der Waals surface area contributed by atoms with Crippen LogP contribution in [-0.4, -0.2) is 21.5 Å². The number of carbonyl (C=O) groups is 1. The second kappa shape index (κ2) is 5.16. The van der Waals surface area contributed by atoms with E-state index in [4.69, 9.17) is 0 Å². The third kappa shape index (κ3) is 3.23. The minimum Gasteiger partial charge on any atom is -0.348 e. The minimum absolute atomic E-state index is 0.349. The smallest absolute Gasteiger partial charge is 0.348 e. The fourth-order valence-corrected chi connectivity index (χ4v) is 2.34. The van der Waals surface area contributed by atoms with E-state index in [0.717, 1.165) is 17.1 Å². The van der Waals surface area contributed by atoms with Crippen LogP contribution in [-0.2, 0) is 13.0 Å². The minimum atomic E-state index is -4.83. The number of nitrogens with zero attached hydrogens (tertiary/aromatic N) is 2. The Labute approximate surface area is 111 Å². The van der Waals surface area contributed by atoms with Crippen LogP contribution < -0.4 is 0 Å². The van der Waals surface area contributed by atoms with Crippen LogP contribution in [0.25, 0.3) is 0 Å². The highest BCUT2D eigenvalue weighted by molar-refractivity contribution is 7.09. The summed E-state index contributed by atoms with van der Waals surface area (Å²) < 4.78 is 38.3. The van der Waals surface area contributed by atoms with Gasteiger partial charge in [0.25, 0.3) is 5.78 Å². The summed E-state index contributed by atoms with van der Waals surface area (Å²) in [6.07, 6.45) is -1.36. The topological polar surface area (TPSA) is 34.9 Å². The molecule has 19 heavy (non-hydrogen) atoms. The second-order valence-corrected chi connectivity index (χ2v) is 4.93. The Morgan fingerprint density at radius 2 is 2.21 bits per heavy atom. The van der Waals surface area contributed by atoms with Gasteiger partial charge in [0, 0.05) is 23.3 Å². The summed E-state index contributed by atoms with van der Waals surface area (Å²) in [5.41, 5.74) is 0.432. The lowest BCUT2D eigenvalue weighted by Crippen LogP contribution is -2.22. The molecule has 2 aromatic heterocycles. The van der Waals surface area contributed by atoms with Gasteiger partial charge in [-0.25, -0.2) is 4.98 Å². The van der Waals surface area contributed by atoms with Crippen molar-refractivity contribution < 1.29 is 18.0 Å². The number of carbonyl (C=O) groups excluding carboxylic acids is 1. The molecule has 2 rings (SSSR count). The van der Waals surface area contributed by atoms with E-state index in [1.807, 2.05) is 12.3 Å². The molecule has 0 saturated carbocycles. The molecule has 2 aromatic rings. The third-order valence-corrected chi connectivity index (χ3v) is 3.56. The van der Waals surface area contributed by atoms with E-state index >= 15 is 0 Å². The van der Waals surface area contributed by atoms with Gasteiger partial charge in [-0.2, -0.15) is 13.2 Å². The van der Waals surface area contributed by atoms with Crippen molar-refractivity contribution in [3.8, 4) is 0 Å². The maximum Gasteiger partial charge on any atom is 0.454 e. The van der Waals surface area contributed by atoms with Crippen LogP contribution in [0.5, 0.6) is 0 Å². The molecular weight excluding hydrogens is 277 g/mol. The number of hydrogen-bond acceptors (Lipinski definition) is 3. The molecule has 0 aliphatic carbocycles. The molecule has 0 aliphatic heterocycles. The standard InChI is InChI=1S/C12H11F3N2OS/c1-2-10-16-9(7-19-10)6-17-4-3-8(5-17)11(18)12(13,14)15/h3-5,7H,2,6H2,1H3. The molecule has 2 heterocycles. The predicted octanol–water partition coefficient (Wildman–Crippen LogP) is 3.30. The summed E-state index contributed by atoms with van der Waals surface area (Å²) in [6.45, 7) is 2.35. The van der Waals surface area contributed by atoms with Gasteiger partial charge in [0.2, 0.25) is 0 Å². The highest BCUT2D eigenvalue weighted by atomic mass is 32.1. The maximum absolute atomic E-state index is 12.3. The molecule has 7 heteroatoms. The van der Waals surface area contributed by atoms with E-state index < -0.39 is 12.0 Å². The average molecular weight is 288 g/mol. The Morgan fingerprint density at radius 1 is 1.47 bits per heavy atom. The number of aryl methyl sites for hydroxylation is 1. The molecule has 0 atom stereocenters. The van der Waals surface area contributed by atoms with Crippen molar-refractivity contribution in [2.45, 2.75) is 26.1 Å². The number of rotatable bonds is 4. The molecule has 0 saturated heterocycles. The Bertz CT molecular complexity index is 586. The quantitative estimate of drug-likeness (QED) is 0.809. The zero-order chi connectivity index (χ0) is 14.0. The lowest BCUT2D eigenvalue weighted by atomic mass is 10.2. The molecule has 0 aromatic carbocycles. The zero-order valence-electron chi connectivity index (χ0n) is 10.1. The van der Waals surface area contributed by atoms with Crippen LogP contribution in [0.1, 0.15) is 28.0 Å². The highest BCUT2D eigenvalue weighted by Gasteiger charge is 2.39. The van der Waals surface area contributed by atoms with Crippen LogP contribution >= 0.6 is 11.3 Å². The summed E-state index contributed by atoms with van der Waals surface area (Å²) in [6, 6.07) is 1.17. The van der Waals surface area contributed by atoms with Crippen molar-refractivity contribution in [2.24, 2.45) is 0 Å². The molecule has 0 bridgehead atoms. The molecule has 0 aliphatic rings. The molecule has 0 fully saturated rings. The highest BCUT2D eigenvalue weighted by Crippen LogP contribution is 2.22. The summed E-state index contributed by atoms with van der Waals surface area (Å²) in [4.78, 5) is 15.3. The van der Waals surface area contributed by atoms with E-state index in [2.05, 4.69) is 4.98 Å². The number of halogens is 3. The first-order valence-corrected chi connectivity index (χ1v) is 6.48. The Morgan fingerprint density at radius 3 is 2.79 bits per heavy atom. The SMILES string of the molecule is CCc1nc(Cn2ccc(C(=O)C(F)(F)F)c2)cs1. The molecule has 102 valence electrons. The van der Waals surface area contributed by atoms with Crippen LogP contribution in [0.15, 0.2) is 23.8 Å². The van der Waals surface area contributed by atoms with Gasteiger partial charge in [-0.3, -0.25) is 4.79 Å². The van der Waals surface area contributed by atoms with E-state index in [0.29, 0.717) is 6.54 Å². The Kier molecular flexibility index (Phi) is 3.75. The van der Waals surface area contributed by atoms with Gasteiger partial charge < -0.3 is 4.57 Å². The van der Waals surface area contributed by atoms with Gasteiger partial charge in [0.1, 0.15) is 0 Å². The molecule has 0 spiro atoms. The fraction of sp³-hybridized carbons (Fsp3) is 0.333. The molecule has 0 radical (unpaired) electrons. The van der Waals surface area contributed by atoms with Crippen molar-refractivity contribution in [1.29, 1.82) is 0 Å². The monoisotopic (exact) mass is 288 g/mol. The van der Waals surface area contributed by atoms with Gasteiger partial charge in [-0.15, -0.1) is 11.3 Å². The first-order valence-electron chi connectivity index (χ1n) is 5.60. The van der Waals surface area contributed by atoms with E-state index in [1.54, 1.807) is 0 Å². The van der Waals surface area contributed by atoms with Gasteiger partial charge >= 0.3 is 6.18 Å². The Balaban J connectivity index is 2.11. The lowest BCUT2D eigenvalue weighted by molar-refractivity contribution is -0.0885. The Hall–Kier alpha value is -1.63. The van der Waals surface area contributed by atoms with Crippen molar-refractivity contribution in [3.05, 3.63) is 40.1 Å². The zero-order valence-corrected chi connectivity index (χ0v) is 10.9. The van der Waals surface area contributed by atoms with E-state index in [1.165, 1.54) is 34.4 Å². The molecule has 0 N–H and O–H groups in total. The van der Waals surface area contributed by atoms with Crippen molar-refractivity contribution in [1.82, 2.24) is 9.55 Å². The third-order valence-electron chi connectivity index (χ3n) is 2.52. The van der Waals surface area contributed by atoms with Gasteiger partial charge in [0.05, 0.1) is 17.2 Å². The number of alkyl halides is 3. The largest absolute Gasteiger partial charge is 0.454 e. The molecule has 3 nitrogen and oxygen atoms in total. The average Bonchev–Trinajstić information content (AvgIpc) is 2.96. The number of Topliss-reactive ketones (excluding diaryl/α,β-unsaturated/α-hetero) is 1. The fourth-order valence-electron chi connectivity index (χ4n) is 1.61. The molecule has 0 unspecified atom stereocenters. The van der Waals surface area contributed by atoms with Crippen molar-refractivity contribution in [2.75, 3.05) is 0 Å². The number of hydrogen-bond donors (Lipinski definition) is 0. The van der Waals surface area contributed by atoms with Gasteiger partial charge in [-0.1, -0.05) is 6.92 Å². The van der Waals surface area contributed by atoms with E-state index in [-0.39, 0.29) is 5.56 Å². The summed E-state index contributed by atoms with van der Waals surface area (Å²) in [7, 11) is 0. The number of aromatic nitrogens is 2. The predicted molar refractivity (Wildman–Crippen MR) is 65.4 cm³/mol. The lowest BCUT2D eigenvalue weighted by Gasteiger charge is -2.02.